The number of benzene rings is 1. The number of carbonyl (C=O) groups excluding carboxylic acids is 2. The molecule has 2 aliphatic rings. The van der Waals surface area contributed by atoms with Gasteiger partial charge in [0.05, 0.1) is 18.7 Å². The summed E-state index contributed by atoms with van der Waals surface area (Å²) in [4.78, 5) is 37.2. The number of carboxylic acid groups (broad SMARTS) is 1. The Morgan fingerprint density at radius 2 is 2.00 bits per heavy atom. The Morgan fingerprint density at radius 3 is 2.71 bits per heavy atom. The third kappa shape index (κ3) is 5.48. The molecule has 4 rings (SSSR count). The zero-order valence-electron chi connectivity index (χ0n) is 16.6. The SMILES string of the molecule is Cc1nc(CNC(=O)[C@@H]2C[C@@H](O)[C@H](NC(=O)c3ccc4c(c3)OCO4)C2)no1.O=CO. The molecule has 0 bridgehead atoms. The van der Waals surface area contributed by atoms with Gasteiger partial charge in [0.15, 0.2) is 17.3 Å². The van der Waals surface area contributed by atoms with Crippen molar-refractivity contribution in [1.29, 1.82) is 0 Å². The van der Waals surface area contributed by atoms with Crippen LogP contribution in [0.3, 0.4) is 0 Å². The summed E-state index contributed by atoms with van der Waals surface area (Å²) in [5.41, 5.74) is 0.400. The number of nitrogens with zero attached hydrogens (tertiary/aromatic N) is 2. The Kier molecular flexibility index (Phi) is 7.03. The van der Waals surface area contributed by atoms with Crippen molar-refractivity contribution in [3.8, 4) is 11.5 Å². The molecule has 1 aliphatic heterocycles. The van der Waals surface area contributed by atoms with Crippen LogP contribution in [0.1, 0.15) is 34.9 Å². The summed E-state index contributed by atoms with van der Waals surface area (Å²) in [5.74, 6) is 0.931. The largest absolute Gasteiger partial charge is 0.483 e. The molecule has 2 heterocycles. The molecule has 31 heavy (non-hydrogen) atoms. The lowest BCUT2D eigenvalue weighted by atomic mass is 10.1. The van der Waals surface area contributed by atoms with Gasteiger partial charge in [-0.1, -0.05) is 5.16 Å². The summed E-state index contributed by atoms with van der Waals surface area (Å²) in [6, 6.07) is 4.37. The number of carbonyl (C=O) groups is 3. The van der Waals surface area contributed by atoms with Crippen LogP contribution in [-0.2, 0) is 16.1 Å². The van der Waals surface area contributed by atoms with Crippen LogP contribution in [-0.4, -0.2) is 57.6 Å². The first-order valence-corrected chi connectivity index (χ1v) is 9.44. The minimum atomic E-state index is -0.805. The molecule has 1 aliphatic carbocycles. The quantitative estimate of drug-likeness (QED) is 0.469. The van der Waals surface area contributed by atoms with Gasteiger partial charge in [-0.25, -0.2) is 0 Å². The van der Waals surface area contributed by atoms with E-state index >= 15 is 0 Å². The first-order valence-electron chi connectivity index (χ1n) is 9.44. The summed E-state index contributed by atoms with van der Waals surface area (Å²) in [6.45, 7) is 1.69. The molecule has 0 unspecified atom stereocenters. The molecule has 12 heteroatoms. The van der Waals surface area contributed by atoms with E-state index in [1.54, 1.807) is 25.1 Å². The average Bonchev–Trinajstić information content (AvgIpc) is 3.46. The maximum absolute atomic E-state index is 12.5. The smallest absolute Gasteiger partial charge is 0.290 e. The van der Waals surface area contributed by atoms with E-state index in [1.165, 1.54) is 0 Å². The van der Waals surface area contributed by atoms with Crippen molar-refractivity contribution in [2.24, 2.45) is 5.92 Å². The van der Waals surface area contributed by atoms with Crippen LogP contribution < -0.4 is 20.1 Å². The number of ether oxygens (including phenoxy) is 2. The molecule has 0 saturated heterocycles. The Morgan fingerprint density at radius 1 is 1.26 bits per heavy atom. The van der Waals surface area contributed by atoms with E-state index in [0.717, 1.165) is 0 Å². The Balaban J connectivity index is 0.000000858. The molecule has 1 fully saturated rings. The van der Waals surface area contributed by atoms with Crippen molar-refractivity contribution in [3.05, 3.63) is 35.5 Å². The van der Waals surface area contributed by atoms with Crippen LogP contribution >= 0.6 is 0 Å². The fraction of sp³-hybridized carbons (Fsp3) is 0.421. The number of nitrogens with one attached hydrogen (secondary N) is 2. The van der Waals surface area contributed by atoms with E-state index in [0.29, 0.717) is 35.2 Å². The molecular weight excluding hydrogens is 412 g/mol. The molecule has 166 valence electrons. The van der Waals surface area contributed by atoms with Gasteiger partial charge < -0.3 is 34.8 Å². The minimum Gasteiger partial charge on any atom is -0.483 e. The number of aromatic nitrogens is 2. The third-order valence-electron chi connectivity index (χ3n) is 4.84. The van der Waals surface area contributed by atoms with Crippen molar-refractivity contribution < 1.29 is 38.6 Å². The number of aliphatic hydroxyl groups is 1. The summed E-state index contributed by atoms with van der Waals surface area (Å²) in [6.07, 6.45) is -0.196. The molecule has 4 N–H and O–H groups in total. The first kappa shape index (κ1) is 22.0. The number of aliphatic hydroxyl groups excluding tert-OH is 1. The van der Waals surface area contributed by atoms with Gasteiger partial charge in [0.1, 0.15) is 0 Å². The number of hydrogen-bond donors (Lipinski definition) is 4. The van der Waals surface area contributed by atoms with Gasteiger partial charge in [0.25, 0.3) is 12.4 Å². The van der Waals surface area contributed by atoms with Crippen molar-refractivity contribution in [2.45, 2.75) is 38.5 Å². The predicted octanol–water partition coefficient (Wildman–Crippen LogP) is -0.00678. The molecule has 12 nitrogen and oxygen atoms in total. The zero-order valence-corrected chi connectivity index (χ0v) is 16.6. The Labute approximate surface area is 176 Å². The molecule has 1 aromatic carbocycles. The van der Waals surface area contributed by atoms with Gasteiger partial charge in [0.2, 0.25) is 18.6 Å². The van der Waals surface area contributed by atoms with Crippen LogP contribution in [0, 0.1) is 12.8 Å². The van der Waals surface area contributed by atoms with Gasteiger partial charge in [-0.3, -0.25) is 14.4 Å². The fourth-order valence-corrected chi connectivity index (χ4v) is 3.40. The minimum absolute atomic E-state index is 0.127. The second kappa shape index (κ2) is 9.89. The standard InChI is InChI=1S/C18H20N4O6.CH2O2/c1-9-20-16(22-28-9)7-19-17(24)11-4-12(13(23)5-11)21-18(25)10-2-3-14-15(6-10)27-8-26-14;2-1-3/h2-3,6,11-13,23H,4-5,7-8H2,1H3,(H,19,24)(H,21,25);1H,(H,2,3)/t11-,12+,13+;/m0./s1. The highest BCUT2D eigenvalue weighted by Crippen LogP contribution is 2.33. The van der Waals surface area contributed by atoms with E-state index in [2.05, 4.69) is 20.8 Å². The molecule has 1 saturated carbocycles. The highest BCUT2D eigenvalue weighted by molar-refractivity contribution is 5.95. The molecule has 3 atom stereocenters. The fourth-order valence-electron chi connectivity index (χ4n) is 3.40. The Hall–Kier alpha value is -3.67. The molecule has 0 radical (unpaired) electrons. The van der Waals surface area contributed by atoms with Gasteiger partial charge in [-0.05, 0) is 31.0 Å². The van der Waals surface area contributed by atoms with E-state index in [-0.39, 0.29) is 38.0 Å². The summed E-state index contributed by atoms with van der Waals surface area (Å²) in [5, 5.41) is 26.4. The summed E-state index contributed by atoms with van der Waals surface area (Å²) < 4.78 is 15.4. The van der Waals surface area contributed by atoms with Crippen molar-refractivity contribution >= 4 is 18.3 Å². The van der Waals surface area contributed by atoms with Crippen molar-refractivity contribution in [3.63, 3.8) is 0 Å². The van der Waals surface area contributed by atoms with Gasteiger partial charge in [-0.2, -0.15) is 4.98 Å². The second-order valence-electron chi connectivity index (χ2n) is 6.94. The van der Waals surface area contributed by atoms with Crippen LogP contribution in [0.2, 0.25) is 0 Å². The number of fused-ring (bicyclic) bond motifs is 1. The van der Waals surface area contributed by atoms with Crippen molar-refractivity contribution in [2.75, 3.05) is 6.79 Å². The van der Waals surface area contributed by atoms with Crippen LogP contribution in [0.25, 0.3) is 0 Å². The predicted molar refractivity (Wildman–Crippen MR) is 102 cm³/mol. The number of aryl methyl sites for hydroxylation is 1. The monoisotopic (exact) mass is 434 g/mol. The molecule has 1 aromatic heterocycles. The van der Waals surface area contributed by atoms with Gasteiger partial charge in [0, 0.05) is 18.4 Å². The topological polar surface area (TPSA) is 173 Å². The van der Waals surface area contributed by atoms with Crippen molar-refractivity contribution in [1.82, 2.24) is 20.8 Å². The van der Waals surface area contributed by atoms with E-state index in [4.69, 9.17) is 23.9 Å². The van der Waals surface area contributed by atoms with Crippen LogP contribution in [0.15, 0.2) is 22.7 Å². The number of amides is 2. The highest BCUT2D eigenvalue weighted by atomic mass is 16.7. The second-order valence-corrected chi connectivity index (χ2v) is 6.94. The van der Waals surface area contributed by atoms with Crippen LogP contribution in [0.4, 0.5) is 0 Å². The number of rotatable bonds is 5. The van der Waals surface area contributed by atoms with E-state index in [9.17, 15) is 14.7 Å². The lowest BCUT2D eigenvalue weighted by molar-refractivity contribution is -0.125. The van der Waals surface area contributed by atoms with E-state index in [1.807, 2.05) is 0 Å². The molecule has 0 spiro atoms. The normalized spacial score (nSPS) is 21.0. The number of hydrogen-bond acceptors (Lipinski definition) is 9. The molecule has 2 amide bonds. The summed E-state index contributed by atoms with van der Waals surface area (Å²) in [7, 11) is 0. The molecule has 2 aromatic rings. The van der Waals surface area contributed by atoms with E-state index < -0.39 is 18.1 Å². The first-order chi connectivity index (χ1) is 14.9. The van der Waals surface area contributed by atoms with Gasteiger partial charge in [-0.15, -0.1) is 0 Å². The average molecular weight is 434 g/mol. The maximum Gasteiger partial charge on any atom is 0.290 e. The van der Waals surface area contributed by atoms with Crippen LogP contribution in [0.5, 0.6) is 11.5 Å². The van der Waals surface area contributed by atoms with Gasteiger partial charge >= 0.3 is 0 Å². The molecular formula is C19H22N4O8. The maximum atomic E-state index is 12.5. The highest BCUT2D eigenvalue weighted by Gasteiger charge is 2.38. The lowest BCUT2D eigenvalue weighted by Gasteiger charge is -2.16. The third-order valence-corrected chi connectivity index (χ3v) is 4.84. The summed E-state index contributed by atoms with van der Waals surface area (Å²) >= 11 is 0. The zero-order chi connectivity index (χ0) is 22.4. The lowest BCUT2D eigenvalue weighted by Crippen LogP contribution is -2.40. The Bertz CT molecular complexity index is 947.